The summed E-state index contributed by atoms with van der Waals surface area (Å²) >= 11 is 0. The summed E-state index contributed by atoms with van der Waals surface area (Å²) in [5.74, 6) is 0.169. The van der Waals surface area contributed by atoms with Crippen molar-refractivity contribution in [1.29, 1.82) is 0 Å². The Bertz CT molecular complexity index is 194. The maximum Gasteiger partial charge on any atom is 0.224 e. The predicted octanol–water partition coefficient (Wildman–Crippen LogP) is 1.97. The fourth-order valence-corrected chi connectivity index (χ4v) is 1.43. The molecule has 62 valence electrons. The van der Waals surface area contributed by atoms with Crippen LogP contribution in [0.4, 0.5) is 0 Å². The lowest BCUT2D eigenvalue weighted by Crippen LogP contribution is -2.26. The van der Waals surface area contributed by atoms with Crippen molar-refractivity contribution in [1.82, 2.24) is 5.32 Å². The van der Waals surface area contributed by atoms with E-state index >= 15 is 0 Å². The SMILES string of the molecule is CCCC1=C(C)NC(=O)CC1. The first kappa shape index (κ1) is 8.31. The number of amides is 1. The van der Waals surface area contributed by atoms with E-state index in [1.165, 1.54) is 12.0 Å². The Morgan fingerprint density at radius 1 is 1.45 bits per heavy atom. The van der Waals surface area contributed by atoms with Gasteiger partial charge in [-0.2, -0.15) is 0 Å². The smallest absolute Gasteiger partial charge is 0.224 e. The average molecular weight is 153 g/mol. The Kier molecular flexibility index (Phi) is 2.69. The molecule has 0 atom stereocenters. The molecule has 0 unspecified atom stereocenters. The summed E-state index contributed by atoms with van der Waals surface area (Å²) in [6, 6.07) is 0. The maximum atomic E-state index is 10.9. The van der Waals surface area contributed by atoms with Crippen molar-refractivity contribution in [3.63, 3.8) is 0 Å². The molecule has 0 bridgehead atoms. The Morgan fingerprint density at radius 2 is 2.18 bits per heavy atom. The van der Waals surface area contributed by atoms with E-state index in [1.807, 2.05) is 6.92 Å². The molecule has 0 aliphatic carbocycles. The number of hydrogen-bond acceptors (Lipinski definition) is 1. The number of hydrogen-bond donors (Lipinski definition) is 1. The van der Waals surface area contributed by atoms with Gasteiger partial charge < -0.3 is 5.32 Å². The third-order valence-corrected chi connectivity index (χ3v) is 2.06. The zero-order valence-electron chi connectivity index (χ0n) is 7.24. The highest BCUT2D eigenvalue weighted by Gasteiger charge is 2.12. The van der Waals surface area contributed by atoms with Gasteiger partial charge in [0.15, 0.2) is 0 Å². The number of allylic oxidation sites excluding steroid dienone is 2. The molecule has 2 heteroatoms. The molecule has 1 heterocycles. The van der Waals surface area contributed by atoms with Crippen LogP contribution in [0.5, 0.6) is 0 Å². The van der Waals surface area contributed by atoms with Crippen LogP contribution < -0.4 is 5.32 Å². The lowest BCUT2D eigenvalue weighted by Gasteiger charge is -2.17. The van der Waals surface area contributed by atoms with Crippen LogP contribution in [0.3, 0.4) is 0 Å². The molecule has 1 amide bonds. The second kappa shape index (κ2) is 3.56. The van der Waals surface area contributed by atoms with E-state index in [2.05, 4.69) is 12.2 Å². The largest absolute Gasteiger partial charge is 0.330 e. The van der Waals surface area contributed by atoms with E-state index in [1.54, 1.807) is 0 Å². The predicted molar refractivity (Wildman–Crippen MR) is 45.0 cm³/mol. The van der Waals surface area contributed by atoms with Crippen molar-refractivity contribution in [3.05, 3.63) is 11.3 Å². The highest BCUT2D eigenvalue weighted by molar-refractivity contribution is 5.79. The van der Waals surface area contributed by atoms with E-state index in [-0.39, 0.29) is 5.91 Å². The molecular weight excluding hydrogens is 138 g/mol. The highest BCUT2D eigenvalue weighted by Crippen LogP contribution is 2.19. The Balaban J connectivity index is 2.61. The van der Waals surface area contributed by atoms with Crippen molar-refractivity contribution in [3.8, 4) is 0 Å². The first-order valence-corrected chi connectivity index (χ1v) is 4.22. The zero-order chi connectivity index (χ0) is 8.27. The van der Waals surface area contributed by atoms with Crippen LogP contribution >= 0.6 is 0 Å². The first-order chi connectivity index (χ1) is 5.24. The standard InChI is InChI=1S/C9H15NO/c1-3-4-8-5-6-9(11)10-7(8)2/h3-6H2,1-2H3,(H,10,11). The quantitative estimate of drug-likeness (QED) is 0.645. The van der Waals surface area contributed by atoms with Crippen LogP contribution in [0.1, 0.15) is 39.5 Å². The van der Waals surface area contributed by atoms with Gasteiger partial charge in [-0.25, -0.2) is 0 Å². The fraction of sp³-hybridized carbons (Fsp3) is 0.667. The summed E-state index contributed by atoms with van der Waals surface area (Å²) in [5.41, 5.74) is 2.51. The molecule has 0 aromatic heterocycles. The van der Waals surface area contributed by atoms with Crippen molar-refractivity contribution >= 4 is 5.91 Å². The van der Waals surface area contributed by atoms with E-state index in [9.17, 15) is 4.79 Å². The molecule has 0 saturated carbocycles. The van der Waals surface area contributed by atoms with Crippen molar-refractivity contribution in [2.24, 2.45) is 0 Å². The normalized spacial score (nSPS) is 18.5. The van der Waals surface area contributed by atoms with Crippen LogP contribution in [0.2, 0.25) is 0 Å². The topological polar surface area (TPSA) is 29.1 Å². The van der Waals surface area contributed by atoms with Gasteiger partial charge in [-0.05, 0) is 19.8 Å². The number of carbonyl (C=O) groups excluding carboxylic acids is 1. The van der Waals surface area contributed by atoms with Crippen molar-refractivity contribution < 1.29 is 4.79 Å². The van der Waals surface area contributed by atoms with Crippen LogP contribution in [0, 0.1) is 0 Å². The summed E-state index contributed by atoms with van der Waals surface area (Å²) in [6.07, 6.45) is 3.94. The second-order valence-electron chi connectivity index (χ2n) is 3.03. The van der Waals surface area contributed by atoms with Crippen LogP contribution in [-0.2, 0) is 4.79 Å². The van der Waals surface area contributed by atoms with Crippen LogP contribution in [0.15, 0.2) is 11.3 Å². The lowest BCUT2D eigenvalue weighted by molar-refractivity contribution is -0.120. The molecule has 1 aliphatic rings. The van der Waals surface area contributed by atoms with Gasteiger partial charge in [-0.15, -0.1) is 0 Å². The molecule has 2 nitrogen and oxygen atoms in total. The van der Waals surface area contributed by atoms with Gasteiger partial charge in [0.1, 0.15) is 0 Å². The summed E-state index contributed by atoms with van der Waals surface area (Å²) in [6.45, 7) is 4.15. The third-order valence-electron chi connectivity index (χ3n) is 2.06. The minimum Gasteiger partial charge on any atom is -0.330 e. The van der Waals surface area contributed by atoms with Crippen molar-refractivity contribution in [2.45, 2.75) is 39.5 Å². The number of rotatable bonds is 2. The lowest BCUT2D eigenvalue weighted by atomic mass is 10.00. The van der Waals surface area contributed by atoms with Gasteiger partial charge in [0, 0.05) is 12.1 Å². The van der Waals surface area contributed by atoms with Gasteiger partial charge >= 0.3 is 0 Å². The zero-order valence-corrected chi connectivity index (χ0v) is 7.24. The average Bonchev–Trinajstić information content (AvgIpc) is 1.95. The van der Waals surface area contributed by atoms with Gasteiger partial charge in [-0.3, -0.25) is 4.79 Å². The Morgan fingerprint density at radius 3 is 2.73 bits per heavy atom. The van der Waals surface area contributed by atoms with Gasteiger partial charge in [-0.1, -0.05) is 18.9 Å². The maximum absolute atomic E-state index is 10.9. The van der Waals surface area contributed by atoms with Gasteiger partial charge in [0.25, 0.3) is 0 Å². The van der Waals surface area contributed by atoms with Crippen molar-refractivity contribution in [2.75, 3.05) is 0 Å². The van der Waals surface area contributed by atoms with Crippen LogP contribution in [0.25, 0.3) is 0 Å². The summed E-state index contributed by atoms with van der Waals surface area (Å²) in [4.78, 5) is 10.9. The minimum atomic E-state index is 0.169. The molecule has 0 spiro atoms. The molecule has 11 heavy (non-hydrogen) atoms. The Hall–Kier alpha value is -0.790. The van der Waals surface area contributed by atoms with E-state index < -0.39 is 0 Å². The highest BCUT2D eigenvalue weighted by atomic mass is 16.1. The third kappa shape index (κ3) is 2.07. The minimum absolute atomic E-state index is 0.169. The second-order valence-corrected chi connectivity index (χ2v) is 3.03. The molecule has 1 aliphatic heterocycles. The molecule has 0 fully saturated rings. The van der Waals surface area contributed by atoms with E-state index in [0.717, 1.165) is 18.5 Å². The van der Waals surface area contributed by atoms with Gasteiger partial charge in [0.2, 0.25) is 5.91 Å². The summed E-state index contributed by atoms with van der Waals surface area (Å²) in [5, 5.41) is 2.85. The molecule has 1 N–H and O–H groups in total. The van der Waals surface area contributed by atoms with Crippen LogP contribution in [-0.4, -0.2) is 5.91 Å². The van der Waals surface area contributed by atoms with E-state index in [4.69, 9.17) is 0 Å². The fourth-order valence-electron chi connectivity index (χ4n) is 1.43. The monoisotopic (exact) mass is 153 g/mol. The van der Waals surface area contributed by atoms with E-state index in [0.29, 0.717) is 6.42 Å². The molecule has 0 saturated heterocycles. The van der Waals surface area contributed by atoms with Gasteiger partial charge in [0.05, 0.1) is 0 Å². The number of nitrogens with one attached hydrogen (secondary N) is 1. The molecule has 0 aromatic carbocycles. The summed E-state index contributed by atoms with van der Waals surface area (Å²) < 4.78 is 0. The Labute approximate surface area is 67.7 Å². The molecular formula is C9H15NO. The number of carbonyl (C=O) groups is 1. The summed E-state index contributed by atoms with van der Waals surface area (Å²) in [7, 11) is 0. The molecule has 1 rings (SSSR count). The molecule has 0 aromatic rings. The molecule has 0 radical (unpaired) electrons. The first-order valence-electron chi connectivity index (χ1n) is 4.22.